The predicted octanol–water partition coefficient (Wildman–Crippen LogP) is 3.92. The summed E-state index contributed by atoms with van der Waals surface area (Å²) in [5.41, 5.74) is 1.16. The molecule has 27 heavy (non-hydrogen) atoms. The Labute approximate surface area is 161 Å². The molecular weight excluding hydrogens is 360 g/mol. The van der Waals surface area contributed by atoms with Gasteiger partial charge in [0.1, 0.15) is 0 Å². The number of sulfonamides is 1. The van der Waals surface area contributed by atoms with Gasteiger partial charge in [-0.25, -0.2) is 8.42 Å². The maximum atomic E-state index is 13.0. The van der Waals surface area contributed by atoms with E-state index < -0.39 is 10.0 Å². The Kier molecular flexibility index (Phi) is 5.85. The summed E-state index contributed by atoms with van der Waals surface area (Å²) in [4.78, 5) is 14.8. The number of anilines is 1. The number of benzene rings is 2. The average Bonchev–Trinajstić information content (AvgIpc) is 2.69. The van der Waals surface area contributed by atoms with E-state index in [-0.39, 0.29) is 16.8 Å². The molecular formula is C21H26N2O3S. The molecule has 1 amide bonds. The van der Waals surface area contributed by atoms with Crippen LogP contribution in [0.1, 0.15) is 43.5 Å². The van der Waals surface area contributed by atoms with Gasteiger partial charge in [0.25, 0.3) is 15.9 Å². The van der Waals surface area contributed by atoms with Gasteiger partial charge >= 0.3 is 0 Å². The van der Waals surface area contributed by atoms with Gasteiger partial charge < -0.3 is 4.90 Å². The van der Waals surface area contributed by atoms with Crippen LogP contribution in [0.2, 0.25) is 0 Å². The summed E-state index contributed by atoms with van der Waals surface area (Å²) < 4.78 is 27.4. The minimum absolute atomic E-state index is 0.0263. The minimum Gasteiger partial charge on any atom is -0.336 e. The summed E-state index contributed by atoms with van der Waals surface area (Å²) in [6.45, 7) is 4.96. The van der Waals surface area contributed by atoms with Crippen LogP contribution in [-0.2, 0) is 10.0 Å². The Balaban J connectivity index is 1.84. The van der Waals surface area contributed by atoms with Crippen molar-refractivity contribution in [3.05, 3.63) is 60.2 Å². The van der Waals surface area contributed by atoms with Crippen molar-refractivity contribution < 1.29 is 13.2 Å². The molecule has 2 aromatic carbocycles. The predicted molar refractivity (Wildman–Crippen MR) is 107 cm³/mol. The van der Waals surface area contributed by atoms with Crippen molar-refractivity contribution in [2.45, 2.75) is 44.0 Å². The van der Waals surface area contributed by atoms with E-state index in [1.54, 1.807) is 31.2 Å². The maximum absolute atomic E-state index is 13.0. The molecule has 0 N–H and O–H groups in total. The van der Waals surface area contributed by atoms with Gasteiger partial charge in [-0.2, -0.15) is 0 Å². The van der Waals surface area contributed by atoms with Gasteiger partial charge in [0.05, 0.1) is 10.6 Å². The van der Waals surface area contributed by atoms with Crippen LogP contribution in [0, 0.1) is 0 Å². The first kappa shape index (κ1) is 19.4. The zero-order valence-electron chi connectivity index (χ0n) is 15.8. The lowest BCUT2D eigenvalue weighted by Crippen LogP contribution is -2.42. The first-order valence-electron chi connectivity index (χ1n) is 9.44. The van der Waals surface area contributed by atoms with Gasteiger partial charge in [-0.1, -0.05) is 18.2 Å². The molecule has 0 radical (unpaired) electrons. The summed E-state index contributed by atoms with van der Waals surface area (Å²) in [7, 11) is -3.67. The van der Waals surface area contributed by atoms with E-state index in [0.717, 1.165) is 25.8 Å². The number of nitrogens with zero attached hydrogens (tertiary/aromatic N) is 2. The molecule has 0 aliphatic carbocycles. The second kappa shape index (κ2) is 8.13. The van der Waals surface area contributed by atoms with Crippen LogP contribution in [0.25, 0.3) is 0 Å². The highest BCUT2D eigenvalue weighted by Gasteiger charge is 2.26. The molecule has 2 aromatic rings. The molecule has 1 aliphatic heterocycles. The number of rotatable bonds is 5. The van der Waals surface area contributed by atoms with E-state index in [4.69, 9.17) is 0 Å². The van der Waals surface area contributed by atoms with Crippen molar-refractivity contribution in [3.63, 3.8) is 0 Å². The molecule has 1 aliphatic rings. The Morgan fingerprint density at radius 2 is 1.74 bits per heavy atom. The summed E-state index contributed by atoms with van der Waals surface area (Å²) in [6.07, 6.45) is 3.18. The summed E-state index contributed by atoms with van der Waals surface area (Å²) in [5, 5.41) is 0. The quantitative estimate of drug-likeness (QED) is 0.783. The second-order valence-corrected chi connectivity index (χ2v) is 8.74. The first-order valence-corrected chi connectivity index (χ1v) is 10.9. The molecule has 0 saturated carbocycles. The van der Waals surface area contributed by atoms with Crippen LogP contribution in [-0.4, -0.2) is 38.4 Å². The van der Waals surface area contributed by atoms with Crippen LogP contribution in [0.5, 0.6) is 0 Å². The summed E-state index contributed by atoms with van der Waals surface area (Å²) in [5.74, 6) is -0.0263. The number of likely N-dealkylation sites (tertiary alicyclic amines) is 1. The van der Waals surface area contributed by atoms with Crippen LogP contribution in [0.15, 0.2) is 59.5 Å². The molecule has 6 heteroatoms. The number of piperidine rings is 1. The molecule has 0 spiro atoms. The van der Waals surface area contributed by atoms with Crippen LogP contribution < -0.4 is 4.31 Å². The van der Waals surface area contributed by atoms with Crippen molar-refractivity contribution in [1.29, 1.82) is 0 Å². The number of hydrogen-bond acceptors (Lipinski definition) is 3. The zero-order valence-corrected chi connectivity index (χ0v) is 16.7. The summed E-state index contributed by atoms with van der Waals surface area (Å²) in [6, 6.07) is 15.6. The number of para-hydroxylation sites is 1. The van der Waals surface area contributed by atoms with Gasteiger partial charge in [-0.3, -0.25) is 9.10 Å². The largest absolute Gasteiger partial charge is 0.336 e. The Hall–Kier alpha value is -2.34. The van der Waals surface area contributed by atoms with E-state index >= 15 is 0 Å². The first-order chi connectivity index (χ1) is 12.9. The second-order valence-electron chi connectivity index (χ2n) is 6.87. The third kappa shape index (κ3) is 4.00. The smallest absolute Gasteiger partial charge is 0.264 e. The van der Waals surface area contributed by atoms with Gasteiger partial charge in [-0.15, -0.1) is 0 Å². The van der Waals surface area contributed by atoms with Crippen LogP contribution in [0.4, 0.5) is 5.69 Å². The number of amides is 1. The van der Waals surface area contributed by atoms with Gasteiger partial charge in [0, 0.05) is 24.7 Å². The Morgan fingerprint density at radius 1 is 1.07 bits per heavy atom. The fraction of sp³-hybridized carbons (Fsp3) is 0.381. The Bertz CT molecular complexity index is 879. The normalized spacial score (nSPS) is 17.6. The molecule has 1 fully saturated rings. The molecule has 0 aromatic heterocycles. The average molecular weight is 387 g/mol. The zero-order chi connectivity index (χ0) is 19.4. The lowest BCUT2D eigenvalue weighted by Gasteiger charge is -2.33. The van der Waals surface area contributed by atoms with Crippen LogP contribution in [0.3, 0.4) is 0 Å². The molecule has 1 unspecified atom stereocenters. The van der Waals surface area contributed by atoms with E-state index in [1.807, 2.05) is 23.1 Å². The summed E-state index contributed by atoms with van der Waals surface area (Å²) >= 11 is 0. The number of carbonyl (C=O) groups is 1. The molecule has 3 rings (SSSR count). The highest BCUT2D eigenvalue weighted by Crippen LogP contribution is 2.24. The van der Waals surface area contributed by atoms with E-state index in [0.29, 0.717) is 17.8 Å². The van der Waals surface area contributed by atoms with Crippen molar-refractivity contribution in [3.8, 4) is 0 Å². The van der Waals surface area contributed by atoms with Crippen molar-refractivity contribution in [2.75, 3.05) is 17.4 Å². The SMILES string of the molecule is CCN(c1ccccc1)S(=O)(=O)c1ccc(C(=O)N2CCCCC2C)cc1. The number of hydrogen-bond donors (Lipinski definition) is 0. The fourth-order valence-electron chi connectivity index (χ4n) is 3.55. The molecule has 1 saturated heterocycles. The minimum atomic E-state index is -3.67. The molecule has 0 bridgehead atoms. The van der Waals surface area contributed by atoms with E-state index in [1.165, 1.54) is 16.4 Å². The highest BCUT2D eigenvalue weighted by atomic mass is 32.2. The fourth-order valence-corrected chi connectivity index (χ4v) is 5.02. The standard InChI is InChI=1S/C21H26N2O3S/c1-3-23(19-10-5-4-6-11-19)27(25,26)20-14-12-18(13-15-20)21(24)22-16-8-7-9-17(22)2/h4-6,10-15,17H,3,7-9,16H2,1-2H3. The molecule has 144 valence electrons. The molecule has 5 nitrogen and oxygen atoms in total. The number of carbonyl (C=O) groups excluding carboxylic acids is 1. The monoisotopic (exact) mass is 386 g/mol. The van der Waals surface area contributed by atoms with E-state index in [2.05, 4.69) is 6.92 Å². The van der Waals surface area contributed by atoms with Crippen molar-refractivity contribution in [2.24, 2.45) is 0 Å². The van der Waals surface area contributed by atoms with Crippen molar-refractivity contribution >= 4 is 21.6 Å². The Morgan fingerprint density at radius 3 is 2.33 bits per heavy atom. The van der Waals surface area contributed by atoms with Gasteiger partial charge in [0.15, 0.2) is 0 Å². The third-order valence-electron chi connectivity index (χ3n) is 5.08. The van der Waals surface area contributed by atoms with Crippen LogP contribution >= 0.6 is 0 Å². The highest BCUT2D eigenvalue weighted by molar-refractivity contribution is 7.92. The van der Waals surface area contributed by atoms with Gasteiger partial charge in [-0.05, 0) is 69.5 Å². The van der Waals surface area contributed by atoms with E-state index in [9.17, 15) is 13.2 Å². The third-order valence-corrected chi connectivity index (χ3v) is 7.00. The lowest BCUT2D eigenvalue weighted by atomic mass is 10.0. The topological polar surface area (TPSA) is 57.7 Å². The lowest BCUT2D eigenvalue weighted by molar-refractivity contribution is 0.0635. The van der Waals surface area contributed by atoms with Gasteiger partial charge in [0.2, 0.25) is 0 Å². The molecule has 1 atom stereocenters. The van der Waals surface area contributed by atoms with Crippen molar-refractivity contribution in [1.82, 2.24) is 4.90 Å². The maximum Gasteiger partial charge on any atom is 0.264 e. The molecule has 1 heterocycles.